The Morgan fingerprint density at radius 2 is 2.00 bits per heavy atom. The van der Waals surface area contributed by atoms with Crippen LogP contribution in [0.4, 0.5) is 8.78 Å². The predicted octanol–water partition coefficient (Wildman–Crippen LogP) is 3.84. The van der Waals surface area contributed by atoms with Gasteiger partial charge in [0.15, 0.2) is 0 Å². The molecule has 2 atom stereocenters. The second-order valence-corrected chi connectivity index (χ2v) is 9.09. The molecule has 1 unspecified atom stereocenters. The third kappa shape index (κ3) is 3.15. The number of ether oxygens (including phenoxy) is 1. The molecule has 0 amide bonds. The molecule has 1 aromatic carbocycles. The molecule has 8 heteroatoms. The van der Waals surface area contributed by atoms with Crippen LogP contribution < -0.4 is 4.74 Å². The average molecular weight is 424 g/mol. The highest BCUT2D eigenvalue weighted by Gasteiger charge is 2.72. The lowest BCUT2D eigenvalue weighted by atomic mass is 9.34. The fourth-order valence-electron chi connectivity index (χ4n) is 5.36. The van der Waals surface area contributed by atoms with E-state index in [-0.39, 0.29) is 22.4 Å². The molecular weight excluding hydrogens is 402 g/mol. The molecule has 1 N–H and O–H groups in total. The van der Waals surface area contributed by atoms with Gasteiger partial charge >= 0.3 is 0 Å². The number of pyridine rings is 1. The Morgan fingerprint density at radius 1 is 1.29 bits per heavy atom. The van der Waals surface area contributed by atoms with Gasteiger partial charge in [0.2, 0.25) is 5.88 Å². The number of aliphatic hydroxyl groups is 1. The van der Waals surface area contributed by atoms with Crippen LogP contribution >= 0.6 is 0 Å². The zero-order valence-corrected chi connectivity index (χ0v) is 17.1. The smallest absolute Gasteiger partial charge is 0.213 e. The number of hydrazone groups is 1. The lowest BCUT2D eigenvalue weighted by Gasteiger charge is -2.72. The summed E-state index contributed by atoms with van der Waals surface area (Å²) in [5.41, 5.74) is 0.691. The van der Waals surface area contributed by atoms with Gasteiger partial charge in [0.05, 0.1) is 18.2 Å². The van der Waals surface area contributed by atoms with E-state index in [0.717, 1.165) is 19.3 Å². The molecule has 4 aliphatic rings. The van der Waals surface area contributed by atoms with Crippen LogP contribution in [0.5, 0.6) is 5.88 Å². The van der Waals surface area contributed by atoms with Crippen molar-refractivity contribution in [2.24, 2.45) is 15.9 Å². The molecule has 2 aromatic rings. The van der Waals surface area contributed by atoms with Crippen molar-refractivity contribution in [3.63, 3.8) is 0 Å². The zero-order valence-electron chi connectivity index (χ0n) is 17.1. The monoisotopic (exact) mass is 424 g/mol. The molecule has 31 heavy (non-hydrogen) atoms. The summed E-state index contributed by atoms with van der Waals surface area (Å²) in [6.07, 6.45) is 5.23. The maximum atomic E-state index is 14.1. The first-order valence-electron chi connectivity index (χ1n) is 10.3. The summed E-state index contributed by atoms with van der Waals surface area (Å²) in [6.45, 7) is 1.91. The molecule has 3 aliphatic carbocycles. The Bertz CT molecular complexity index is 1050. The molecule has 2 bridgehead atoms. The Balaban J connectivity index is 1.22. The minimum absolute atomic E-state index is 0.00659. The van der Waals surface area contributed by atoms with Gasteiger partial charge in [0.1, 0.15) is 23.9 Å². The van der Waals surface area contributed by atoms with Crippen molar-refractivity contribution in [3.05, 3.63) is 58.8 Å². The summed E-state index contributed by atoms with van der Waals surface area (Å²) in [6, 6.07) is 7.64. The summed E-state index contributed by atoms with van der Waals surface area (Å²) in [5.74, 6) is -0.699. The molecule has 6 rings (SSSR count). The first-order valence-corrected chi connectivity index (χ1v) is 10.3. The van der Waals surface area contributed by atoms with Crippen LogP contribution in [-0.2, 0) is 0 Å². The summed E-state index contributed by atoms with van der Waals surface area (Å²) in [5, 5.41) is 25.8. The maximum Gasteiger partial charge on any atom is 0.213 e. The van der Waals surface area contributed by atoms with Gasteiger partial charge in [0.25, 0.3) is 0 Å². The standard InChI is InChI=1S/C23H22F2N4O2/c1-14-17(24)6-16(7-18(14)25)19-4-5-28-29(19)21(30)23-10-22(11-23,12-23)13-31-20-3-2-15(8-26)9-27-20/h2-3,5-7,9,19,21,30H,4,10-13H2,1H3/t19-,21?,22?,23?/m1/s1. The lowest BCUT2D eigenvalue weighted by Crippen LogP contribution is -2.71. The van der Waals surface area contributed by atoms with Crippen molar-refractivity contribution in [2.75, 3.05) is 6.61 Å². The summed E-state index contributed by atoms with van der Waals surface area (Å²) >= 11 is 0. The second kappa shape index (κ2) is 6.99. The molecule has 0 radical (unpaired) electrons. The Morgan fingerprint density at radius 3 is 2.61 bits per heavy atom. The maximum absolute atomic E-state index is 14.1. The molecule has 3 fully saturated rings. The van der Waals surface area contributed by atoms with Crippen molar-refractivity contribution in [2.45, 2.75) is 44.9 Å². The Hall–Kier alpha value is -3.05. The summed E-state index contributed by atoms with van der Waals surface area (Å²) in [4.78, 5) is 4.12. The number of nitriles is 1. The van der Waals surface area contributed by atoms with Crippen molar-refractivity contribution < 1.29 is 18.6 Å². The molecule has 6 nitrogen and oxygen atoms in total. The van der Waals surface area contributed by atoms with E-state index in [1.165, 1.54) is 25.3 Å². The molecule has 0 saturated heterocycles. The van der Waals surface area contributed by atoms with Gasteiger partial charge in [-0.25, -0.2) is 13.8 Å². The number of nitrogens with zero attached hydrogens (tertiary/aromatic N) is 4. The van der Waals surface area contributed by atoms with Crippen LogP contribution in [0.25, 0.3) is 0 Å². The van der Waals surface area contributed by atoms with Crippen molar-refractivity contribution in [1.29, 1.82) is 5.26 Å². The molecule has 0 spiro atoms. The van der Waals surface area contributed by atoms with E-state index in [0.29, 0.717) is 30.0 Å². The first-order chi connectivity index (χ1) is 14.8. The van der Waals surface area contributed by atoms with Crippen molar-refractivity contribution >= 4 is 6.21 Å². The lowest BCUT2D eigenvalue weighted by molar-refractivity contribution is -0.299. The van der Waals surface area contributed by atoms with Crippen LogP contribution in [0.1, 0.15) is 48.4 Å². The molecule has 1 aliphatic heterocycles. The molecule has 2 heterocycles. The van der Waals surface area contributed by atoms with Gasteiger partial charge in [0, 0.05) is 41.3 Å². The molecule has 3 saturated carbocycles. The Labute approximate surface area is 178 Å². The fourth-order valence-corrected chi connectivity index (χ4v) is 5.36. The first kappa shape index (κ1) is 19.9. The minimum atomic E-state index is -0.821. The fraction of sp³-hybridized carbons (Fsp3) is 0.435. The van der Waals surface area contributed by atoms with E-state index in [4.69, 9.17) is 10.00 Å². The van der Waals surface area contributed by atoms with Crippen LogP contribution in [0, 0.1) is 40.7 Å². The van der Waals surface area contributed by atoms with Gasteiger partial charge < -0.3 is 9.84 Å². The van der Waals surface area contributed by atoms with E-state index in [9.17, 15) is 13.9 Å². The minimum Gasteiger partial charge on any atom is -0.477 e. The van der Waals surface area contributed by atoms with Crippen LogP contribution in [-0.4, -0.2) is 34.1 Å². The third-order valence-electron chi connectivity index (χ3n) is 6.92. The van der Waals surface area contributed by atoms with E-state index in [1.807, 2.05) is 6.07 Å². The highest BCUT2D eigenvalue weighted by Crippen LogP contribution is 2.75. The van der Waals surface area contributed by atoms with Crippen molar-refractivity contribution in [1.82, 2.24) is 9.99 Å². The SMILES string of the molecule is Cc1c(F)cc([C@H]2CC=NN2C(O)C23CC(COc4ccc(C#N)cn4)(C2)C3)cc1F. The quantitative estimate of drug-likeness (QED) is 0.762. The van der Waals surface area contributed by atoms with E-state index >= 15 is 0 Å². The summed E-state index contributed by atoms with van der Waals surface area (Å²) < 4.78 is 33.9. The van der Waals surface area contributed by atoms with E-state index in [1.54, 1.807) is 23.4 Å². The molecule has 160 valence electrons. The van der Waals surface area contributed by atoms with Crippen LogP contribution in [0.3, 0.4) is 0 Å². The van der Waals surface area contributed by atoms with Gasteiger partial charge in [-0.1, -0.05) is 0 Å². The second-order valence-electron chi connectivity index (χ2n) is 9.09. The largest absolute Gasteiger partial charge is 0.477 e. The van der Waals surface area contributed by atoms with Crippen LogP contribution in [0.15, 0.2) is 35.6 Å². The van der Waals surface area contributed by atoms with Gasteiger partial charge in [-0.2, -0.15) is 10.4 Å². The van der Waals surface area contributed by atoms with E-state index < -0.39 is 17.9 Å². The van der Waals surface area contributed by atoms with Gasteiger partial charge in [-0.15, -0.1) is 0 Å². The zero-order chi connectivity index (χ0) is 21.8. The van der Waals surface area contributed by atoms with Crippen molar-refractivity contribution in [3.8, 4) is 11.9 Å². The number of hydrogen-bond donors (Lipinski definition) is 1. The molecule has 1 aromatic heterocycles. The number of halogens is 2. The van der Waals surface area contributed by atoms with E-state index in [2.05, 4.69) is 10.1 Å². The number of hydrogen-bond acceptors (Lipinski definition) is 6. The average Bonchev–Trinajstić information content (AvgIpc) is 3.20. The highest BCUT2D eigenvalue weighted by molar-refractivity contribution is 5.61. The highest BCUT2D eigenvalue weighted by atomic mass is 19.1. The number of rotatable bonds is 6. The van der Waals surface area contributed by atoms with Gasteiger partial charge in [-0.3, -0.25) is 5.01 Å². The van der Waals surface area contributed by atoms with Crippen LogP contribution in [0.2, 0.25) is 0 Å². The number of benzene rings is 1. The Kier molecular flexibility index (Phi) is 4.48. The predicted molar refractivity (Wildman–Crippen MR) is 108 cm³/mol. The topological polar surface area (TPSA) is 81.7 Å². The third-order valence-corrected chi connectivity index (χ3v) is 6.92. The number of aliphatic hydroxyl groups excluding tert-OH is 1. The number of aromatic nitrogens is 1. The molecular formula is C23H22F2N4O2. The summed E-state index contributed by atoms with van der Waals surface area (Å²) in [7, 11) is 0. The van der Waals surface area contributed by atoms with Gasteiger partial charge in [-0.05, 0) is 49.9 Å². The normalized spacial score (nSPS) is 29.1.